The molecule has 0 aromatic rings. The van der Waals surface area contributed by atoms with Crippen molar-refractivity contribution in [2.24, 2.45) is 28.8 Å². The van der Waals surface area contributed by atoms with Gasteiger partial charge in [0.15, 0.2) is 12.6 Å². The number of cyclic esters (lactones) is 1. The van der Waals surface area contributed by atoms with Gasteiger partial charge in [0, 0.05) is 44.4 Å². The highest BCUT2D eigenvalue weighted by molar-refractivity contribution is 5.88. The largest absolute Gasteiger partial charge is 0.459 e. The Morgan fingerprint density at radius 3 is 2.05 bits per heavy atom. The highest BCUT2D eigenvalue weighted by Crippen LogP contribution is 2.42. The summed E-state index contributed by atoms with van der Waals surface area (Å²) < 4.78 is 44.9. The molecule has 4 fully saturated rings. The molecule has 3 heterocycles. The molecular weight excluding hydrogens is 764 g/mol. The molecule has 0 bridgehead atoms. The quantitative estimate of drug-likeness (QED) is 0.177. The monoisotopic (exact) mass is 845 g/mol. The van der Waals surface area contributed by atoms with Gasteiger partial charge >= 0.3 is 5.97 Å². The van der Waals surface area contributed by atoms with E-state index in [-0.39, 0.29) is 37.5 Å². The lowest BCUT2D eigenvalue weighted by molar-refractivity contribution is -0.319. The minimum absolute atomic E-state index is 0.0718. The van der Waals surface area contributed by atoms with Crippen LogP contribution in [0, 0.1) is 23.7 Å². The number of ether oxygens (including phenoxy) is 7. The fraction of sp³-hybridized carbons (Fsp3) is 0.955. The first-order valence-electron chi connectivity index (χ1n) is 22.1. The second-order valence-electron chi connectivity index (χ2n) is 19.1. The third kappa shape index (κ3) is 11.4. The molecule has 4 N–H and O–H groups in total. The predicted octanol–water partition coefficient (Wildman–Crippen LogP) is 4.58. The van der Waals surface area contributed by atoms with Gasteiger partial charge in [0.25, 0.3) is 0 Å². The highest BCUT2D eigenvalue weighted by Gasteiger charge is 2.54. The summed E-state index contributed by atoms with van der Waals surface area (Å²) in [6.07, 6.45) is -3.16. The second-order valence-corrected chi connectivity index (χ2v) is 19.1. The van der Waals surface area contributed by atoms with Gasteiger partial charge < -0.3 is 63.3 Å². The highest BCUT2D eigenvalue weighted by atomic mass is 16.7. The Hall–Kier alpha value is -1.50. The zero-order chi connectivity index (χ0) is 44.2. The van der Waals surface area contributed by atoms with Crippen molar-refractivity contribution in [3.8, 4) is 0 Å². The molecule has 0 amide bonds. The molecule has 4 rings (SSSR count). The van der Waals surface area contributed by atoms with Gasteiger partial charge in [-0.05, 0) is 101 Å². The minimum Gasteiger partial charge on any atom is -0.459 e. The average molecular weight is 845 g/mol. The van der Waals surface area contributed by atoms with Crippen LogP contribution in [0.5, 0.6) is 0 Å². The summed E-state index contributed by atoms with van der Waals surface area (Å²) in [6.45, 7) is 18.1. The molecular formula is C44H80N2O13. The lowest BCUT2D eigenvalue weighted by Crippen LogP contribution is -2.61. The zero-order valence-corrected chi connectivity index (χ0v) is 38.5. The van der Waals surface area contributed by atoms with Crippen molar-refractivity contribution in [3.05, 3.63) is 0 Å². The number of carbonyl (C=O) groups is 1. The van der Waals surface area contributed by atoms with Crippen LogP contribution in [0.4, 0.5) is 0 Å². The van der Waals surface area contributed by atoms with E-state index in [9.17, 15) is 25.2 Å². The van der Waals surface area contributed by atoms with E-state index < -0.39 is 102 Å². The lowest BCUT2D eigenvalue weighted by atomic mass is 9.73. The summed E-state index contributed by atoms with van der Waals surface area (Å²) >= 11 is 0. The van der Waals surface area contributed by atoms with E-state index in [4.69, 9.17) is 43.2 Å². The van der Waals surface area contributed by atoms with Gasteiger partial charge in [0.1, 0.15) is 30.0 Å². The van der Waals surface area contributed by atoms with Gasteiger partial charge in [0.2, 0.25) is 0 Å². The van der Waals surface area contributed by atoms with Gasteiger partial charge in [-0.15, -0.1) is 0 Å². The Morgan fingerprint density at radius 2 is 1.47 bits per heavy atom. The first kappa shape index (κ1) is 50.1. The van der Waals surface area contributed by atoms with Crippen LogP contribution >= 0.6 is 0 Å². The van der Waals surface area contributed by atoms with Crippen molar-refractivity contribution in [2.75, 3.05) is 28.3 Å². The van der Waals surface area contributed by atoms with Gasteiger partial charge in [-0.2, -0.15) is 0 Å². The Balaban J connectivity index is 1.90. The van der Waals surface area contributed by atoms with E-state index >= 15 is 0 Å². The molecule has 0 aromatic heterocycles. The van der Waals surface area contributed by atoms with Crippen molar-refractivity contribution in [1.82, 2.24) is 4.90 Å². The number of likely N-dealkylation sites (N-methyl/N-ethyl adjacent to an activating group) is 1. The molecule has 1 aliphatic carbocycles. The Morgan fingerprint density at radius 1 is 0.847 bits per heavy atom. The maximum absolute atomic E-state index is 14.5. The number of aliphatic hydroxyl groups is 4. The van der Waals surface area contributed by atoms with E-state index in [1.807, 2.05) is 46.7 Å². The second kappa shape index (κ2) is 20.8. The SMILES string of the molecule is CC[C@H]1OC(=O)[C@H](C)[C@@H](OC2CC(C)(OC)C(O)C(C)O2)[C@H](C)[C@@H](OC2OC(C)CC(N(C)C)C2O)[C@](C)(OC)C[C@@H](C)/C(=N\OC2CCCCC2)[C@H](C)[C@@H](O)[C@]1(C)O. The van der Waals surface area contributed by atoms with Crippen LogP contribution in [0.2, 0.25) is 0 Å². The molecule has 8 unspecified atom stereocenters. The molecule has 0 radical (unpaired) electrons. The molecule has 59 heavy (non-hydrogen) atoms. The number of aliphatic hydroxyl groups excluding tert-OH is 3. The van der Waals surface area contributed by atoms with Crippen molar-refractivity contribution in [1.29, 1.82) is 0 Å². The summed E-state index contributed by atoms with van der Waals surface area (Å²) in [6, 6.07) is -0.265. The Labute approximate surface area is 353 Å². The van der Waals surface area contributed by atoms with E-state index in [1.165, 1.54) is 14.0 Å². The number of hydrogen-bond acceptors (Lipinski definition) is 15. The van der Waals surface area contributed by atoms with Crippen LogP contribution in [-0.4, -0.2) is 156 Å². The van der Waals surface area contributed by atoms with E-state index in [1.54, 1.807) is 41.7 Å². The number of rotatable bonds is 10. The molecule has 3 aliphatic heterocycles. The number of methoxy groups -OCH3 is 2. The van der Waals surface area contributed by atoms with Crippen LogP contribution in [0.15, 0.2) is 5.16 Å². The first-order chi connectivity index (χ1) is 27.5. The molecule has 1 saturated carbocycles. The standard InChI is InChI=1S/C44H80N2O13/c1-15-32-44(10,51)37(48)26(4)34(45-59-30-19-17-16-18-20-30)24(2)22-43(9,53-14)39(58-41-35(47)31(46(11)12)21-25(3)54-41)27(5)36(28(6)40(50)56-32)57-33-23-42(8,52-13)38(49)29(7)55-33/h24-33,35-39,41,47-49,51H,15-23H2,1-14H3/b45-34+/t24-,25?,26+,27+,28-,29?,31?,32-,33?,35?,36+,37-,38?,39-,41?,42?,43-,44-/m1/s1. The molecule has 15 nitrogen and oxygen atoms in total. The summed E-state index contributed by atoms with van der Waals surface area (Å²) in [5, 5.41) is 51.8. The van der Waals surface area contributed by atoms with Gasteiger partial charge in [-0.25, -0.2) is 0 Å². The van der Waals surface area contributed by atoms with Crippen molar-refractivity contribution >= 4 is 11.7 Å². The molecule has 344 valence electrons. The average Bonchev–Trinajstić information content (AvgIpc) is 3.19. The maximum atomic E-state index is 14.5. The van der Waals surface area contributed by atoms with Crippen molar-refractivity contribution in [3.63, 3.8) is 0 Å². The lowest BCUT2D eigenvalue weighted by Gasteiger charge is -2.50. The summed E-state index contributed by atoms with van der Waals surface area (Å²) in [5.41, 5.74) is -3.55. The van der Waals surface area contributed by atoms with Crippen molar-refractivity contribution in [2.45, 2.75) is 217 Å². The van der Waals surface area contributed by atoms with Crippen LogP contribution in [-0.2, 0) is 42.8 Å². The topological polar surface area (TPSA) is 187 Å². The maximum Gasteiger partial charge on any atom is 0.311 e. The number of nitrogens with zero attached hydrogens (tertiary/aromatic N) is 2. The molecule has 15 heteroatoms. The molecule has 18 atom stereocenters. The first-order valence-corrected chi connectivity index (χ1v) is 22.1. The summed E-state index contributed by atoms with van der Waals surface area (Å²) in [7, 11) is 6.94. The van der Waals surface area contributed by atoms with Gasteiger partial charge in [-0.3, -0.25) is 4.79 Å². The van der Waals surface area contributed by atoms with Crippen LogP contribution in [0.25, 0.3) is 0 Å². The van der Waals surface area contributed by atoms with E-state index in [0.717, 1.165) is 32.1 Å². The number of hydrogen-bond donors (Lipinski definition) is 4. The van der Waals surface area contributed by atoms with Crippen LogP contribution in [0.3, 0.4) is 0 Å². The third-order valence-electron chi connectivity index (χ3n) is 14.2. The molecule has 4 aliphatic rings. The van der Waals surface area contributed by atoms with Crippen molar-refractivity contribution < 1.29 is 63.2 Å². The molecule has 3 saturated heterocycles. The number of carbonyl (C=O) groups excluding carboxylic acids is 1. The predicted molar refractivity (Wildman–Crippen MR) is 221 cm³/mol. The normalized spacial score (nSPS) is 47.1. The van der Waals surface area contributed by atoms with E-state index in [0.29, 0.717) is 12.1 Å². The Bertz CT molecular complexity index is 1360. The van der Waals surface area contributed by atoms with E-state index in [2.05, 4.69) is 0 Å². The zero-order valence-electron chi connectivity index (χ0n) is 38.5. The summed E-state index contributed by atoms with van der Waals surface area (Å²) in [5.74, 6) is -3.46. The molecule has 0 aromatic carbocycles. The van der Waals surface area contributed by atoms with Gasteiger partial charge in [0.05, 0.1) is 53.4 Å². The fourth-order valence-corrected chi connectivity index (χ4v) is 10.1. The number of esters is 1. The third-order valence-corrected chi connectivity index (χ3v) is 14.2. The molecule has 0 spiro atoms. The van der Waals surface area contributed by atoms with Gasteiger partial charge in [-0.1, -0.05) is 39.3 Å². The Kier molecular flexibility index (Phi) is 17.7. The smallest absolute Gasteiger partial charge is 0.311 e. The van der Waals surface area contributed by atoms with Crippen LogP contribution in [0.1, 0.15) is 127 Å². The summed E-state index contributed by atoms with van der Waals surface area (Å²) in [4.78, 5) is 22.7. The number of oxime groups is 1. The fourth-order valence-electron chi connectivity index (χ4n) is 10.1. The minimum atomic E-state index is -1.89. The van der Waals surface area contributed by atoms with Crippen LogP contribution < -0.4 is 0 Å².